The number of pyridine rings is 1. The molecule has 0 aliphatic rings. The van der Waals surface area contributed by atoms with Gasteiger partial charge in [0.1, 0.15) is 4.90 Å². The van der Waals surface area contributed by atoms with Crippen molar-refractivity contribution in [1.29, 1.82) is 0 Å². The minimum absolute atomic E-state index is 0.0445. The van der Waals surface area contributed by atoms with E-state index in [2.05, 4.69) is 15.0 Å². The van der Waals surface area contributed by atoms with E-state index < -0.39 is 10.0 Å². The quantitative estimate of drug-likeness (QED) is 0.885. The van der Waals surface area contributed by atoms with Crippen molar-refractivity contribution in [2.75, 3.05) is 12.4 Å². The van der Waals surface area contributed by atoms with E-state index in [1.54, 1.807) is 36.7 Å². The summed E-state index contributed by atoms with van der Waals surface area (Å²) in [5.74, 6) is 0. The number of hydrogen-bond acceptors (Lipinski definition) is 4. The van der Waals surface area contributed by atoms with Crippen LogP contribution in [0.4, 0.5) is 5.69 Å². The van der Waals surface area contributed by atoms with Gasteiger partial charge in [0, 0.05) is 12.4 Å². The van der Waals surface area contributed by atoms with E-state index in [0.29, 0.717) is 5.69 Å². The highest BCUT2D eigenvalue weighted by atomic mass is 32.2. The fourth-order valence-corrected chi connectivity index (χ4v) is 2.77. The lowest BCUT2D eigenvalue weighted by Crippen LogP contribution is -2.20. The van der Waals surface area contributed by atoms with E-state index in [1.807, 2.05) is 19.1 Å². The zero-order valence-corrected chi connectivity index (χ0v) is 12.2. The Balaban J connectivity index is 2.31. The number of sulfonamides is 1. The Morgan fingerprint density at radius 3 is 2.55 bits per heavy atom. The van der Waals surface area contributed by atoms with Crippen LogP contribution in [0, 0.1) is 0 Å². The molecule has 0 aliphatic carbocycles. The van der Waals surface area contributed by atoms with E-state index in [-0.39, 0.29) is 10.9 Å². The topological polar surface area (TPSA) is 71.1 Å². The summed E-state index contributed by atoms with van der Waals surface area (Å²) < 4.78 is 26.3. The molecule has 5 nitrogen and oxygen atoms in total. The lowest BCUT2D eigenvalue weighted by molar-refractivity contribution is 0.588. The third-order valence-electron chi connectivity index (χ3n) is 3.00. The van der Waals surface area contributed by atoms with Gasteiger partial charge in [-0.15, -0.1) is 0 Å². The summed E-state index contributed by atoms with van der Waals surface area (Å²) in [5.41, 5.74) is 1.56. The van der Waals surface area contributed by atoms with Crippen LogP contribution in [-0.4, -0.2) is 20.4 Å². The molecule has 106 valence electrons. The van der Waals surface area contributed by atoms with Crippen molar-refractivity contribution >= 4 is 15.7 Å². The first-order valence-electron chi connectivity index (χ1n) is 6.23. The minimum Gasteiger partial charge on any atom is -0.377 e. The zero-order valence-electron chi connectivity index (χ0n) is 11.4. The molecule has 2 aromatic rings. The van der Waals surface area contributed by atoms with Crippen LogP contribution in [0.3, 0.4) is 0 Å². The number of nitrogens with one attached hydrogen (secondary N) is 2. The van der Waals surface area contributed by atoms with Crippen molar-refractivity contribution in [2.45, 2.75) is 17.9 Å². The fourth-order valence-electron chi connectivity index (χ4n) is 1.88. The number of nitrogens with zero attached hydrogens (tertiary/aromatic N) is 1. The maximum Gasteiger partial charge on any atom is 0.242 e. The van der Waals surface area contributed by atoms with Gasteiger partial charge in [-0.1, -0.05) is 18.2 Å². The van der Waals surface area contributed by atoms with Crippen LogP contribution in [0.5, 0.6) is 0 Å². The van der Waals surface area contributed by atoms with E-state index in [9.17, 15) is 8.42 Å². The molecule has 20 heavy (non-hydrogen) atoms. The average Bonchev–Trinajstić information content (AvgIpc) is 2.48. The van der Waals surface area contributed by atoms with Gasteiger partial charge < -0.3 is 5.32 Å². The van der Waals surface area contributed by atoms with Gasteiger partial charge in [0.25, 0.3) is 0 Å². The number of hydrogen-bond donors (Lipinski definition) is 2. The molecule has 0 saturated carbocycles. The van der Waals surface area contributed by atoms with Crippen LogP contribution in [0.2, 0.25) is 0 Å². The summed E-state index contributed by atoms with van der Waals surface area (Å²) in [6.07, 6.45) is 3.46. The molecule has 1 heterocycles. The Labute approximate surface area is 119 Å². The molecule has 1 aromatic carbocycles. The molecule has 1 atom stereocenters. The second-order valence-corrected chi connectivity index (χ2v) is 6.21. The largest absolute Gasteiger partial charge is 0.377 e. The maximum absolute atomic E-state index is 12.0. The first-order chi connectivity index (χ1) is 9.54. The van der Waals surface area contributed by atoms with Crippen LogP contribution in [0.15, 0.2) is 53.7 Å². The molecule has 0 spiro atoms. The highest BCUT2D eigenvalue weighted by molar-refractivity contribution is 7.89. The minimum atomic E-state index is -3.48. The molecule has 0 radical (unpaired) electrons. The van der Waals surface area contributed by atoms with Gasteiger partial charge in [-0.2, -0.15) is 0 Å². The van der Waals surface area contributed by atoms with Gasteiger partial charge in [-0.25, -0.2) is 13.1 Å². The third-order valence-corrected chi connectivity index (χ3v) is 4.47. The summed E-state index contributed by atoms with van der Waals surface area (Å²) in [6, 6.07) is 10.6. The Bertz CT molecular complexity index is 672. The normalized spacial score (nSPS) is 12.9. The maximum atomic E-state index is 12.0. The van der Waals surface area contributed by atoms with Crippen molar-refractivity contribution in [1.82, 2.24) is 9.71 Å². The van der Waals surface area contributed by atoms with Crippen LogP contribution in [0.25, 0.3) is 0 Å². The van der Waals surface area contributed by atoms with Crippen LogP contribution in [0.1, 0.15) is 18.5 Å². The lowest BCUT2D eigenvalue weighted by Gasteiger charge is -2.18. The van der Waals surface area contributed by atoms with Gasteiger partial charge >= 0.3 is 0 Å². The highest BCUT2D eigenvalue weighted by Gasteiger charge is 2.17. The van der Waals surface area contributed by atoms with Crippen molar-refractivity contribution < 1.29 is 8.42 Å². The summed E-state index contributed by atoms with van der Waals surface area (Å²) in [4.78, 5) is 4.30. The molecule has 0 saturated heterocycles. The van der Waals surface area contributed by atoms with Crippen LogP contribution >= 0.6 is 0 Å². The van der Waals surface area contributed by atoms with Crippen LogP contribution < -0.4 is 10.0 Å². The van der Waals surface area contributed by atoms with E-state index in [4.69, 9.17) is 0 Å². The van der Waals surface area contributed by atoms with Gasteiger partial charge in [0.05, 0.1) is 11.7 Å². The summed E-state index contributed by atoms with van der Waals surface area (Å²) in [5, 5.41) is 3.21. The first-order valence-corrected chi connectivity index (χ1v) is 7.72. The summed E-state index contributed by atoms with van der Waals surface area (Å²) >= 11 is 0. The van der Waals surface area contributed by atoms with Gasteiger partial charge in [-0.05, 0) is 37.7 Å². The van der Waals surface area contributed by atoms with E-state index in [0.717, 1.165) is 5.56 Å². The molecule has 0 fully saturated rings. The lowest BCUT2D eigenvalue weighted by atomic mass is 10.1. The number of benzene rings is 1. The second kappa shape index (κ2) is 6.02. The first kappa shape index (κ1) is 14.5. The zero-order chi connectivity index (χ0) is 14.6. The van der Waals surface area contributed by atoms with E-state index >= 15 is 0 Å². The Morgan fingerprint density at radius 1 is 1.15 bits per heavy atom. The number of rotatable bonds is 5. The molecule has 0 bridgehead atoms. The molecule has 1 aromatic heterocycles. The predicted molar refractivity (Wildman–Crippen MR) is 79.0 cm³/mol. The molecule has 1 unspecified atom stereocenters. The van der Waals surface area contributed by atoms with Crippen molar-refractivity contribution in [2.24, 2.45) is 0 Å². The van der Waals surface area contributed by atoms with Crippen molar-refractivity contribution in [3.63, 3.8) is 0 Å². The van der Waals surface area contributed by atoms with Crippen molar-refractivity contribution in [3.8, 4) is 0 Å². The number of aromatic nitrogens is 1. The van der Waals surface area contributed by atoms with Gasteiger partial charge in [-0.3, -0.25) is 4.98 Å². The average molecular weight is 291 g/mol. The molecule has 6 heteroatoms. The summed E-state index contributed by atoms with van der Waals surface area (Å²) in [7, 11) is -2.09. The third kappa shape index (κ3) is 3.15. The van der Waals surface area contributed by atoms with Gasteiger partial charge in [0.2, 0.25) is 10.0 Å². The predicted octanol–water partition coefficient (Wildman–Crippen LogP) is 2.16. The van der Waals surface area contributed by atoms with Crippen LogP contribution in [-0.2, 0) is 10.0 Å². The van der Waals surface area contributed by atoms with E-state index in [1.165, 1.54) is 7.05 Å². The van der Waals surface area contributed by atoms with Gasteiger partial charge in [0.15, 0.2) is 0 Å². The fraction of sp³-hybridized carbons (Fsp3) is 0.214. The SMILES string of the molecule is CNS(=O)(=O)c1ccccc1NC(C)c1cccnc1. The standard InChI is InChI=1S/C14H17N3O2S/c1-11(12-6-5-9-16-10-12)17-13-7-3-4-8-14(13)20(18,19)15-2/h3-11,15,17H,1-2H3. The van der Waals surface area contributed by atoms with Crippen molar-refractivity contribution in [3.05, 3.63) is 54.4 Å². The monoisotopic (exact) mass is 291 g/mol. The smallest absolute Gasteiger partial charge is 0.242 e. The number of para-hydroxylation sites is 1. The molecular formula is C14H17N3O2S. The summed E-state index contributed by atoms with van der Waals surface area (Å²) in [6.45, 7) is 1.96. The second-order valence-electron chi connectivity index (χ2n) is 4.36. The Hall–Kier alpha value is -1.92. The molecule has 2 rings (SSSR count). The number of anilines is 1. The Morgan fingerprint density at radius 2 is 1.90 bits per heavy atom. The Kier molecular flexibility index (Phi) is 4.36. The molecule has 0 aliphatic heterocycles. The molecule has 2 N–H and O–H groups in total. The molecule has 0 amide bonds. The molecular weight excluding hydrogens is 274 g/mol. The highest BCUT2D eigenvalue weighted by Crippen LogP contribution is 2.25.